The number of fused-ring (bicyclic) bond motifs is 1. The van der Waals surface area contributed by atoms with Gasteiger partial charge in [-0.1, -0.05) is 40.5 Å². The van der Waals surface area contributed by atoms with Crippen LogP contribution in [0.15, 0.2) is 58.0 Å². The van der Waals surface area contributed by atoms with Crippen LogP contribution in [0.5, 0.6) is 0 Å². The van der Waals surface area contributed by atoms with Gasteiger partial charge in [0.15, 0.2) is 0 Å². The molecule has 0 aliphatic carbocycles. The molecule has 8 heteroatoms. The summed E-state index contributed by atoms with van der Waals surface area (Å²) in [6, 6.07) is 13.2. The van der Waals surface area contributed by atoms with Gasteiger partial charge in [-0.3, -0.25) is 14.4 Å². The van der Waals surface area contributed by atoms with Crippen LogP contribution in [0.1, 0.15) is 30.9 Å². The van der Waals surface area contributed by atoms with Crippen LogP contribution in [0.4, 0.5) is 10.5 Å². The zero-order valence-corrected chi connectivity index (χ0v) is 22.1. The van der Waals surface area contributed by atoms with Crippen molar-refractivity contribution in [3.05, 3.63) is 69.2 Å². The van der Waals surface area contributed by atoms with Gasteiger partial charge in [0.2, 0.25) is 5.91 Å². The highest BCUT2D eigenvalue weighted by Crippen LogP contribution is 2.37. The third-order valence-corrected chi connectivity index (χ3v) is 8.05. The summed E-state index contributed by atoms with van der Waals surface area (Å²) in [6.07, 6.45) is 5.74. The lowest BCUT2D eigenvalue weighted by atomic mass is 9.99. The second-order valence-corrected chi connectivity index (χ2v) is 11.2. The number of aryl methyl sites for hydroxylation is 1. The molecule has 2 aliphatic heterocycles. The minimum Gasteiger partial charge on any atom is -0.341 e. The molecule has 5 rings (SSSR count). The normalized spacial score (nSPS) is 18.3. The van der Waals surface area contributed by atoms with Crippen LogP contribution < -0.4 is 4.90 Å². The van der Waals surface area contributed by atoms with Gasteiger partial charge in [-0.25, -0.2) is 4.90 Å². The highest BCUT2D eigenvalue weighted by Gasteiger charge is 2.36. The topological polar surface area (TPSA) is 62.6 Å². The van der Waals surface area contributed by atoms with Crippen molar-refractivity contribution in [3.8, 4) is 0 Å². The molecule has 2 aliphatic rings. The first-order valence-corrected chi connectivity index (χ1v) is 13.3. The molecule has 3 amide bonds. The molecule has 0 bridgehead atoms. The van der Waals surface area contributed by atoms with Gasteiger partial charge in [-0.2, -0.15) is 0 Å². The Bertz CT molecular complexity index is 1350. The van der Waals surface area contributed by atoms with E-state index in [0.717, 1.165) is 64.2 Å². The number of thioether (sulfide) groups is 1. The fourth-order valence-electron chi connectivity index (χ4n) is 4.57. The fourth-order valence-corrected chi connectivity index (χ4v) is 5.77. The third-order valence-electron chi connectivity index (χ3n) is 6.69. The Labute approximate surface area is 217 Å². The molecule has 0 atom stereocenters. The van der Waals surface area contributed by atoms with Crippen molar-refractivity contribution in [1.82, 2.24) is 9.47 Å². The van der Waals surface area contributed by atoms with E-state index in [-0.39, 0.29) is 23.6 Å². The second kappa shape index (κ2) is 9.66. The second-order valence-electron chi connectivity index (χ2n) is 9.29. The number of aromatic nitrogens is 1. The van der Waals surface area contributed by atoms with Crippen molar-refractivity contribution < 1.29 is 14.4 Å². The minimum atomic E-state index is -0.335. The first kappa shape index (κ1) is 23.9. The predicted molar refractivity (Wildman–Crippen MR) is 144 cm³/mol. The summed E-state index contributed by atoms with van der Waals surface area (Å²) < 4.78 is 2.85. The number of carbonyl (C=O) groups excluding carboxylic acids is 3. The van der Waals surface area contributed by atoms with Crippen LogP contribution in [0, 0.1) is 12.8 Å². The molecule has 0 radical (unpaired) electrons. The standard InChI is InChI=1S/C27H26BrN3O3S/c1-17-3-6-21(7-4-17)31-26(33)24(35-27(31)34)13-19-15-30(23-8-5-20(28)14-22(19)23)16-25(32)29-11-9-18(2)10-12-29/h3-8,13-15,18H,9-12,16H2,1-2H3/b24-13-. The number of hydrogen-bond donors (Lipinski definition) is 0. The maximum Gasteiger partial charge on any atom is 0.298 e. The smallest absolute Gasteiger partial charge is 0.298 e. The van der Waals surface area contributed by atoms with E-state index < -0.39 is 0 Å². The molecular weight excluding hydrogens is 526 g/mol. The quantitative estimate of drug-likeness (QED) is 0.361. The molecule has 3 aromatic rings. The maximum atomic E-state index is 13.2. The summed E-state index contributed by atoms with van der Waals surface area (Å²) in [5, 5.41) is 0.603. The number of amides is 3. The molecule has 6 nitrogen and oxygen atoms in total. The predicted octanol–water partition coefficient (Wildman–Crippen LogP) is 6.21. The number of nitrogens with zero attached hydrogens (tertiary/aromatic N) is 3. The molecule has 1 aromatic heterocycles. The zero-order chi connectivity index (χ0) is 24.7. The fraction of sp³-hybridized carbons (Fsp3) is 0.296. The highest BCUT2D eigenvalue weighted by atomic mass is 79.9. The SMILES string of the molecule is Cc1ccc(N2C(=O)S/C(=C\c3cn(CC(=O)N4CCC(C)CC4)c4ccc(Br)cc34)C2=O)cc1. The number of hydrogen-bond acceptors (Lipinski definition) is 4. The molecule has 3 heterocycles. The molecule has 0 spiro atoms. The van der Waals surface area contributed by atoms with Crippen molar-refractivity contribution in [2.45, 2.75) is 33.2 Å². The number of halogens is 1. The first-order valence-electron chi connectivity index (χ1n) is 11.7. The Morgan fingerprint density at radius 3 is 2.54 bits per heavy atom. The van der Waals surface area contributed by atoms with Crippen molar-refractivity contribution in [1.29, 1.82) is 0 Å². The van der Waals surface area contributed by atoms with E-state index in [4.69, 9.17) is 0 Å². The number of piperidine rings is 1. The number of benzene rings is 2. The van der Waals surface area contributed by atoms with Crippen LogP contribution in [0.25, 0.3) is 17.0 Å². The molecule has 0 unspecified atom stereocenters. The monoisotopic (exact) mass is 551 g/mol. The summed E-state index contributed by atoms with van der Waals surface area (Å²) in [7, 11) is 0. The average Bonchev–Trinajstić information content (AvgIpc) is 3.30. The van der Waals surface area contributed by atoms with Crippen molar-refractivity contribution in [2.24, 2.45) is 5.92 Å². The van der Waals surface area contributed by atoms with E-state index in [1.165, 1.54) is 4.90 Å². The molecular formula is C27H26BrN3O3S. The van der Waals surface area contributed by atoms with Crippen LogP contribution in [0.3, 0.4) is 0 Å². The van der Waals surface area contributed by atoms with E-state index in [9.17, 15) is 14.4 Å². The number of carbonyl (C=O) groups is 3. The van der Waals surface area contributed by atoms with Crippen molar-refractivity contribution in [2.75, 3.05) is 18.0 Å². The average molecular weight is 552 g/mol. The van der Waals surface area contributed by atoms with Gasteiger partial charge >= 0.3 is 0 Å². The van der Waals surface area contributed by atoms with Crippen molar-refractivity contribution in [3.63, 3.8) is 0 Å². The van der Waals surface area contributed by atoms with Crippen LogP contribution >= 0.6 is 27.7 Å². The lowest BCUT2D eigenvalue weighted by Gasteiger charge is -2.30. The van der Waals surface area contributed by atoms with E-state index >= 15 is 0 Å². The summed E-state index contributed by atoms with van der Waals surface area (Å²) in [5.74, 6) is 0.423. The number of rotatable bonds is 4. The van der Waals surface area contributed by atoms with E-state index in [1.807, 2.05) is 52.9 Å². The van der Waals surface area contributed by atoms with E-state index in [0.29, 0.717) is 16.5 Å². The molecule has 2 aromatic carbocycles. The Morgan fingerprint density at radius 2 is 1.83 bits per heavy atom. The third kappa shape index (κ3) is 4.82. The van der Waals surface area contributed by atoms with Gasteiger partial charge in [-0.05, 0) is 73.9 Å². The highest BCUT2D eigenvalue weighted by molar-refractivity contribution is 9.10. The lowest BCUT2D eigenvalue weighted by Crippen LogP contribution is -2.39. The summed E-state index contributed by atoms with van der Waals surface area (Å²) in [6.45, 7) is 6.02. The van der Waals surface area contributed by atoms with Gasteiger partial charge in [0.1, 0.15) is 6.54 Å². The van der Waals surface area contributed by atoms with Crippen LogP contribution in [0.2, 0.25) is 0 Å². The zero-order valence-electron chi connectivity index (χ0n) is 19.7. The van der Waals surface area contributed by atoms with Crippen LogP contribution in [-0.4, -0.2) is 39.6 Å². The van der Waals surface area contributed by atoms with Gasteiger partial charge in [0, 0.05) is 40.2 Å². The molecule has 0 N–H and O–H groups in total. The van der Waals surface area contributed by atoms with Gasteiger partial charge in [0.25, 0.3) is 11.1 Å². The van der Waals surface area contributed by atoms with Crippen molar-refractivity contribution >= 4 is 67.4 Å². The van der Waals surface area contributed by atoms with E-state index in [1.54, 1.807) is 18.2 Å². The molecule has 0 saturated carbocycles. The first-order chi connectivity index (χ1) is 16.8. The summed E-state index contributed by atoms with van der Waals surface area (Å²) in [5.41, 5.74) is 3.34. The van der Waals surface area contributed by atoms with Gasteiger partial charge < -0.3 is 9.47 Å². The summed E-state index contributed by atoms with van der Waals surface area (Å²) in [4.78, 5) is 42.4. The molecule has 2 fully saturated rings. The Hall–Kier alpha value is -2.84. The number of imide groups is 1. The number of likely N-dealkylation sites (tertiary alicyclic amines) is 1. The minimum absolute atomic E-state index is 0.1000. The maximum absolute atomic E-state index is 13.2. The Kier molecular flexibility index (Phi) is 6.59. The number of anilines is 1. The largest absolute Gasteiger partial charge is 0.341 e. The Morgan fingerprint density at radius 1 is 1.11 bits per heavy atom. The van der Waals surface area contributed by atoms with Crippen LogP contribution in [-0.2, 0) is 16.1 Å². The van der Waals surface area contributed by atoms with E-state index in [2.05, 4.69) is 22.9 Å². The summed E-state index contributed by atoms with van der Waals surface area (Å²) >= 11 is 4.47. The van der Waals surface area contributed by atoms with Gasteiger partial charge in [-0.15, -0.1) is 0 Å². The lowest BCUT2D eigenvalue weighted by molar-refractivity contribution is -0.133. The molecule has 2 saturated heterocycles. The molecule has 180 valence electrons. The van der Waals surface area contributed by atoms with Gasteiger partial charge in [0.05, 0.1) is 10.6 Å². The Balaban J connectivity index is 1.46. The molecule has 35 heavy (non-hydrogen) atoms.